The number of fused-ring (bicyclic) bond motifs is 1. The first-order valence-corrected chi connectivity index (χ1v) is 9.60. The quantitative estimate of drug-likeness (QED) is 0.860. The summed E-state index contributed by atoms with van der Waals surface area (Å²) in [7, 11) is -3.66. The molecular formula is C15H22N2O4S. The minimum atomic E-state index is -3.66. The minimum absolute atomic E-state index is 0.0756. The van der Waals surface area contributed by atoms with E-state index in [-0.39, 0.29) is 23.2 Å². The van der Waals surface area contributed by atoms with Crippen LogP contribution in [0, 0.1) is 11.3 Å². The van der Waals surface area contributed by atoms with Crippen molar-refractivity contribution in [3.63, 3.8) is 0 Å². The summed E-state index contributed by atoms with van der Waals surface area (Å²) in [6.07, 6.45) is 8.12. The summed E-state index contributed by atoms with van der Waals surface area (Å²) in [5.74, 6) is 1.27. The number of nitrogens with zero attached hydrogens (tertiary/aromatic N) is 1. The molecule has 0 unspecified atom stereocenters. The van der Waals surface area contributed by atoms with E-state index in [1.807, 2.05) is 0 Å². The van der Waals surface area contributed by atoms with Crippen LogP contribution in [0.2, 0.25) is 0 Å². The molecule has 4 rings (SSSR count). The smallest absolute Gasteiger partial charge is 0.275 e. The van der Waals surface area contributed by atoms with Crippen molar-refractivity contribution in [3.05, 3.63) is 12.1 Å². The normalized spacial score (nSPS) is 35.0. The predicted octanol–water partition coefficient (Wildman–Crippen LogP) is 1.77. The van der Waals surface area contributed by atoms with Gasteiger partial charge in [-0.1, -0.05) is 6.42 Å². The van der Waals surface area contributed by atoms with Crippen molar-refractivity contribution in [1.82, 2.24) is 9.71 Å². The second kappa shape index (κ2) is 5.04. The van der Waals surface area contributed by atoms with Gasteiger partial charge in [0.2, 0.25) is 0 Å². The summed E-state index contributed by atoms with van der Waals surface area (Å²) in [6.45, 7) is 0.157. The van der Waals surface area contributed by atoms with Crippen molar-refractivity contribution in [3.8, 4) is 0 Å². The Morgan fingerprint density at radius 3 is 2.91 bits per heavy atom. The predicted molar refractivity (Wildman–Crippen MR) is 78.7 cm³/mol. The first-order valence-electron chi connectivity index (χ1n) is 8.11. The Morgan fingerprint density at radius 2 is 2.23 bits per heavy atom. The van der Waals surface area contributed by atoms with E-state index < -0.39 is 10.0 Å². The van der Waals surface area contributed by atoms with Crippen LogP contribution < -0.4 is 4.72 Å². The fourth-order valence-electron chi connectivity index (χ4n) is 4.32. The van der Waals surface area contributed by atoms with E-state index in [1.165, 1.54) is 6.20 Å². The molecule has 0 aromatic carbocycles. The molecule has 1 aromatic heterocycles. The van der Waals surface area contributed by atoms with E-state index in [0.29, 0.717) is 17.7 Å². The highest BCUT2D eigenvalue weighted by Gasteiger charge is 2.50. The van der Waals surface area contributed by atoms with Gasteiger partial charge in [0.05, 0.1) is 6.20 Å². The second-order valence-corrected chi connectivity index (χ2v) is 8.80. The third-order valence-corrected chi connectivity index (χ3v) is 7.01. The van der Waals surface area contributed by atoms with Crippen molar-refractivity contribution in [2.45, 2.75) is 62.0 Å². The third kappa shape index (κ3) is 2.39. The molecule has 7 heteroatoms. The van der Waals surface area contributed by atoms with Crippen LogP contribution in [0.3, 0.4) is 0 Å². The van der Waals surface area contributed by atoms with Gasteiger partial charge in [0.1, 0.15) is 0 Å². The maximum Gasteiger partial charge on any atom is 0.275 e. The van der Waals surface area contributed by atoms with Gasteiger partial charge in [-0.3, -0.25) is 0 Å². The Hall–Kier alpha value is -0.920. The van der Waals surface area contributed by atoms with Crippen LogP contribution in [0.4, 0.5) is 0 Å². The molecular weight excluding hydrogens is 304 g/mol. The Bertz CT molecular complexity index is 667. The zero-order chi connectivity index (χ0) is 15.4. The number of oxazole rings is 1. The zero-order valence-electron chi connectivity index (χ0n) is 12.5. The lowest BCUT2D eigenvalue weighted by atomic mass is 9.81. The fourth-order valence-corrected chi connectivity index (χ4v) is 5.44. The summed E-state index contributed by atoms with van der Waals surface area (Å²) < 4.78 is 33.1. The van der Waals surface area contributed by atoms with Gasteiger partial charge >= 0.3 is 0 Å². The van der Waals surface area contributed by atoms with Crippen molar-refractivity contribution in [2.24, 2.45) is 11.3 Å². The van der Waals surface area contributed by atoms with Crippen molar-refractivity contribution in [1.29, 1.82) is 0 Å². The maximum atomic E-state index is 12.4. The Balaban J connectivity index is 1.48. The fraction of sp³-hybridized carbons (Fsp3) is 0.800. The summed E-state index contributed by atoms with van der Waals surface area (Å²) in [4.78, 5) is 4.08. The van der Waals surface area contributed by atoms with Gasteiger partial charge in [-0.05, 0) is 49.9 Å². The average Bonchev–Trinajstić information content (AvgIpc) is 2.94. The van der Waals surface area contributed by atoms with Gasteiger partial charge in [0.25, 0.3) is 15.1 Å². The van der Waals surface area contributed by atoms with Gasteiger partial charge in [0, 0.05) is 18.6 Å². The molecule has 3 aliphatic carbocycles. The number of aliphatic hydroxyl groups excluding tert-OH is 1. The van der Waals surface area contributed by atoms with Crippen LogP contribution in [0.5, 0.6) is 0 Å². The Kier molecular flexibility index (Phi) is 3.36. The number of aliphatic hydroxyl groups is 1. The maximum absolute atomic E-state index is 12.4. The SMILES string of the molecule is O=S(=O)(N[C@@H]1C[C@@H]2CCC[C@]2(CO)C1)c1cnc(C2CC2)o1. The number of aromatic nitrogens is 1. The van der Waals surface area contributed by atoms with E-state index in [1.54, 1.807) is 0 Å². The molecule has 0 radical (unpaired) electrons. The van der Waals surface area contributed by atoms with Crippen LogP contribution >= 0.6 is 0 Å². The topological polar surface area (TPSA) is 92.4 Å². The van der Waals surface area contributed by atoms with Crippen LogP contribution in [0.1, 0.15) is 56.8 Å². The monoisotopic (exact) mass is 326 g/mol. The highest BCUT2D eigenvalue weighted by molar-refractivity contribution is 7.89. The number of hydrogen-bond acceptors (Lipinski definition) is 5. The molecule has 0 aliphatic heterocycles. The molecule has 1 aromatic rings. The third-order valence-electron chi connectivity index (χ3n) is 5.65. The minimum Gasteiger partial charge on any atom is -0.428 e. The van der Waals surface area contributed by atoms with E-state index in [9.17, 15) is 13.5 Å². The van der Waals surface area contributed by atoms with Gasteiger partial charge in [-0.15, -0.1) is 0 Å². The van der Waals surface area contributed by atoms with E-state index >= 15 is 0 Å². The van der Waals surface area contributed by atoms with E-state index in [4.69, 9.17) is 4.42 Å². The number of nitrogens with one attached hydrogen (secondary N) is 1. The lowest BCUT2D eigenvalue weighted by Gasteiger charge is -2.26. The Labute approximate surface area is 130 Å². The molecule has 1 heterocycles. The molecule has 0 spiro atoms. The summed E-state index contributed by atoms with van der Waals surface area (Å²) in [5.41, 5.74) is -0.0756. The Morgan fingerprint density at radius 1 is 1.41 bits per heavy atom. The van der Waals surface area contributed by atoms with Gasteiger partial charge in [-0.2, -0.15) is 0 Å². The van der Waals surface area contributed by atoms with Crippen LogP contribution in [0.25, 0.3) is 0 Å². The van der Waals surface area contributed by atoms with Crippen molar-refractivity contribution < 1.29 is 17.9 Å². The highest BCUT2D eigenvalue weighted by atomic mass is 32.2. The van der Waals surface area contributed by atoms with Crippen molar-refractivity contribution >= 4 is 10.0 Å². The largest absolute Gasteiger partial charge is 0.428 e. The molecule has 0 amide bonds. The first kappa shape index (κ1) is 14.7. The molecule has 3 saturated carbocycles. The summed E-state index contributed by atoms with van der Waals surface area (Å²) in [5, 5.41) is 9.65. The van der Waals surface area contributed by atoms with E-state index in [0.717, 1.165) is 44.9 Å². The summed E-state index contributed by atoms with van der Waals surface area (Å²) in [6, 6.07) is -0.114. The van der Waals surface area contributed by atoms with Crippen LogP contribution in [-0.2, 0) is 10.0 Å². The van der Waals surface area contributed by atoms with Gasteiger partial charge < -0.3 is 9.52 Å². The molecule has 3 aliphatic rings. The molecule has 0 saturated heterocycles. The lowest BCUT2D eigenvalue weighted by molar-refractivity contribution is 0.105. The molecule has 22 heavy (non-hydrogen) atoms. The molecule has 3 atom stereocenters. The molecule has 122 valence electrons. The second-order valence-electron chi connectivity index (χ2n) is 7.16. The summed E-state index contributed by atoms with van der Waals surface area (Å²) >= 11 is 0. The standard InChI is InChI=1S/C15H22N2O4S/c18-9-15-5-1-2-11(15)6-12(7-15)17-22(19,20)13-8-16-14(21-13)10-3-4-10/h8,10-12,17-18H,1-7,9H2/t11-,12+,15+/m0/s1. The van der Waals surface area contributed by atoms with Gasteiger partial charge in [0.15, 0.2) is 5.89 Å². The number of sulfonamides is 1. The zero-order valence-corrected chi connectivity index (χ0v) is 13.3. The van der Waals surface area contributed by atoms with Gasteiger partial charge in [-0.25, -0.2) is 18.1 Å². The molecule has 6 nitrogen and oxygen atoms in total. The highest BCUT2D eigenvalue weighted by Crippen LogP contribution is 2.54. The first-order chi connectivity index (χ1) is 10.5. The molecule has 0 bridgehead atoms. The number of rotatable bonds is 5. The van der Waals surface area contributed by atoms with Crippen LogP contribution in [0.15, 0.2) is 15.7 Å². The average molecular weight is 326 g/mol. The van der Waals surface area contributed by atoms with Crippen molar-refractivity contribution in [2.75, 3.05) is 6.61 Å². The number of hydrogen-bond donors (Lipinski definition) is 2. The lowest BCUT2D eigenvalue weighted by Crippen LogP contribution is -2.34. The van der Waals surface area contributed by atoms with Crippen LogP contribution in [-0.4, -0.2) is 31.2 Å². The molecule has 2 N–H and O–H groups in total. The molecule has 3 fully saturated rings. The van der Waals surface area contributed by atoms with E-state index in [2.05, 4.69) is 9.71 Å².